The molecule has 0 heterocycles. The van der Waals surface area contributed by atoms with Crippen LogP contribution in [0.5, 0.6) is 0 Å². The highest BCUT2D eigenvalue weighted by Crippen LogP contribution is 2.34. The van der Waals surface area contributed by atoms with Crippen molar-refractivity contribution < 1.29 is 0 Å². The van der Waals surface area contributed by atoms with Gasteiger partial charge in [-0.15, -0.1) is 0 Å². The SMILES string of the molecule is CC(C)(C)c1ccc(Sc2cccc(Br)c2C#N)cc1. The minimum Gasteiger partial charge on any atom is -0.192 e. The van der Waals surface area contributed by atoms with E-state index in [1.807, 2.05) is 18.2 Å². The topological polar surface area (TPSA) is 23.8 Å². The van der Waals surface area contributed by atoms with Gasteiger partial charge < -0.3 is 0 Å². The van der Waals surface area contributed by atoms with Crippen molar-refractivity contribution in [1.82, 2.24) is 0 Å². The van der Waals surface area contributed by atoms with Gasteiger partial charge in [-0.2, -0.15) is 5.26 Å². The molecule has 2 aromatic carbocycles. The Morgan fingerprint density at radius 2 is 1.70 bits per heavy atom. The van der Waals surface area contributed by atoms with Crippen molar-refractivity contribution in [2.24, 2.45) is 0 Å². The number of hydrogen-bond acceptors (Lipinski definition) is 2. The lowest BCUT2D eigenvalue weighted by Crippen LogP contribution is -2.10. The highest BCUT2D eigenvalue weighted by Gasteiger charge is 2.13. The van der Waals surface area contributed by atoms with Crippen molar-refractivity contribution in [2.45, 2.75) is 36.0 Å². The van der Waals surface area contributed by atoms with Crippen LogP contribution in [0.3, 0.4) is 0 Å². The first-order valence-electron chi connectivity index (χ1n) is 6.39. The second-order valence-electron chi connectivity index (χ2n) is 5.60. The maximum absolute atomic E-state index is 9.23. The average molecular weight is 346 g/mol. The Balaban J connectivity index is 2.28. The first-order valence-corrected chi connectivity index (χ1v) is 8.00. The maximum atomic E-state index is 9.23. The number of nitriles is 1. The third kappa shape index (κ3) is 3.45. The van der Waals surface area contributed by atoms with Crippen molar-refractivity contribution >= 4 is 27.7 Å². The Labute approximate surface area is 133 Å². The summed E-state index contributed by atoms with van der Waals surface area (Å²) in [4.78, 5) is 2.12. The van der Waals surface area contributed by atoms with Gasteiger partial charge in [-0.1, -0.05) is 50.7 Å². The van der Waals surface area contributed by atoms with E-state index in [9.17, 15) is 5.26 Å². The van der Waals surface area contributed by atoms with Crippen LogP contribution in [0.2, 0.25) is 0 Å². The van der Waals surface area contributed by atoms with E-state index >= 15 is 0 Å². The lowest BCUT2D eigenvalue weighted by Gasteiger charge is -2.19. The third-order valence-electron chi connectivity index (χ3n) is 3.04. The predicted octanol–water partition coefficient (Wildman–Crippen LogP) is 5.77. The predicted molar refractivity (Wildman–Crippen MR) is 88.1 cm³/mol. The van der Waals surface area contributed by atoms with E-state index in [2.05, 4.69) is 67.0 Å². The van der Waals surface area contributed by atoms with Gasteiger partial charge in [0.2, 0.25) is 0 Å². The molecule has 20 heavy (non-hydrogen) atoms. The van der Waals surface area contributed by atoms with E-state index in [4.69, 9.17) is 0 Å². The highest BCUT2D eigenvalue weighted by atomic mass is 79.9. The summed E-state index contributed by atoms with van der Waals surface area (Å²) in [6.45, 7) is 6.62. The summed E-state index contributed by atoms with van der Waals surface area (Å²) in [6, 6.07) is 16.6. The van der Waals surface area contributed by atoms with E-state index in [0.29, 0.717) is 5.56 Å². The van der Waals surface area contributed by atoms with Crippen LogP contribution in [0.15, 0.2) is 56.7 Å². The smallest absolute Gasteiger partial charge is 0.102 e. The van der Waals surface area contributed by atoms with Crippen LogP contribution in [0.25, 0.3) is 0 Å². The zero-order valence-electron chi connectivity index (χ0n) is 11.8. The van der Waals surface area contributed by atoms with Gasteiger partial charge in [0, 0.05) is 14.3 Å². The Hall–Kier alpha value is -1.24. The van der Waals surface area contributed by atoms with Crippen LogP contribution in [0.4, 0.5) is 0 Å². The largest absolute Gasteiger partial charge is 0.192 e. The molecular formula is C17H16BrNS. The summed E-state index contributed by atoms with van der Waals surface area (Å²) >= 11 is 5.04. The molecule has 0 N–H and O–H groups in total. The molecule has 0 aliphatic heterocycles. The molecule has 3 heteroatoms. The molecule has 0 fully saturated rings. The van der Waals surface area contributed by atoms with Crippen LogP contribution in [0.1, 0.15) is 31.9 Å². The first kappa shape index (κ1) is 15.2. The summed E-state index contributed by atoms with van der Waals surface area (Å²) in [5.74, 6) is 0. The molecule has 0 amide bonds. The van der Waals surface area contributed by atoms with Gasteiger partial charge in [0.25, 0.3) is 0 Å². The van der Waals surface area contributed by atoms with Crippen molar-refractivity contribution in [2.75, 3.05) is 0 Å². The van der Waals surface area contributed by atoms with Gasteiger partial charge in [0.05, 0.1) is 5.56 Å². The molecule has 2 aromatic rings. The molecule has 0 radical (unpaired) electrons. The van der Waals surface area contributed by atoms with Gasteiger partial charge in [-0.25, -0.2) is 0 Å². The lowest BCUT2D eigenvalue weighted by atomic mass is 9.87. The summed E-state index contributed by atoms with van der Waals surface area (Å²) in [6.07, 6.45) is 0. The van der Waals surface area contributed by atoms with Crippen LogP contribution in [-0.4, -0.2) is 0 Å². The van der Waals surface area contributed by atoms with Crippen LogP contribution in [-0.2, 0) is 5.41 Å². The first-order chi connectivity index (χ1) is 9.41. The molecule has 102 valence electrons. The average Bonchev–Trinajstić information content (AvgIpc) is 2.38. The van der Waals surface area contributed by atoms with E-state index in [0.717, 1.165) is 14.3 Å². The molecule has 0 aliphatic rings. The zero-order chi connectivity index (χ0) is 14.8. The second kappa shape index (κ2) is 6.03. The molecule has 1 nitrogen and oxygen atoms in total. The Morgan fingerprint density at radius 3 is 2.25 bits per heavy atom. The molecule has 0 atom stereocenters. The Kier molecular flexibility index (Phi) is 4.57. The second-order valence-corrected chi connectivity index (χ2v) is 7.57. The zero-order valence-corrected chi connectivity index (χ0v) is 14.2. The van der Waals surface area contributed by atoms with Gasteiger partial charge in [-0.3, -0.25) is 0 Å². The molecule has 2 rings (SSSR count). The molecule has 0 unspecified atom stereocenters. The minimum atomic E-state index is 0.163. The Morgan fingerprint density at radius 1 is 1.05 bits per heavy atom. The minimum absolute atomic E-state index is 0.163. The highest BCUT2D eigenvalue weighted by molar-refractivity contribution is 9.10. The Bertz CT molecular complexity index is 648. The lowest BCUT2D eigenvalue weighted by molar-refractivity contribution is 0.590. The molecule has 0 spiro atoms. The van der Waals surface area contributed by atoms with E-state index in [1.54, 1.807) is 11.8 Å². The number of rotatable bonds is 2. The van der Waals surface area contributed by atoms with Gasteiger partial charge in [0.15, 0.2) is 0 Å². The van der Waals surface area contributed by atoms with Gasteiger partial charge >= 0.3 is 0 Å². The van der Waals surface area contributed by atoms with E-state index in [-0.39, 0.29) is 5.41 Å². The van der Waals surface area contributed by atoms with Crippen molar-refractivity contribution in [3.8, 4) is 6.07 Å². The summed E-state index contributed by atoms with van der Waals surface area (Å²) < 4.78 is 0.844. The quantitative estimate of drug-likeness (QED) is 0.689. The molecule has 0 saturated heterocycles. The third-order valence-corrected chi connectivity index (χ3v) is 4.76. The monoisotopic (exact) mass is 345 g/mol. The van der Waals surface area contributed by atoms with Crippen LogP contribution >= 0.6 is 27.7 Å². The fourth-order valence-corrected chi connectivity index (χ4v) is 3.36. The number of benzene rings is 2. The number of hydrogen-bond donors (Lipinski definition) is 0. The molecular weight excluding hydrogens is 330 g/mol. The van der Waals surface area contributed by atoms with Crippen LogP contribution in [0, 0.1) is 11.3 Å². The van der Waals surface area contributed by atoms with Gasteiger partial charge in [-0.05, 0) is 51.2 Å². The fraction of sp³-hybridized carbons (Fsp3) is 0.235. The number of halogens is 1. The molecule has 0 bridgehead atoms. The van der Waals surface area contributed by atoms with E-state index in [1.165, 1.54) is 5.56 Å². The number of nitrogens with zero attached hydrogens (tertiary/aromatic N) is 1. The summed E-state index contributed by atoms with van der Waals surface area (Å²) in [5.41, 5.74) is 2.17. The van der Waals surface area contributed by atoms with Gasteiger partial charge in [0.1, 0.15) is 6.07 Å². The van der Waals surface area contributed by atoms with Crippen molar-refractivity contribution in [3.63, 3.8) is 0 Å². The molecule has 0 saturated carbocycles. The van der Waals surface area contributed by atoms with Crippen molar-refractivity contribution in [1.29, 1.82) is 5.26 Å². The standard InChI is InChI=1S/C17H16BrNS/c1-17(2,3)12-7-9-13(10-8-12)20-16-6-4-5-15(18)14(16)11-19/h4-10H,1-3H3. The fourth-order valence-electron chi connectivity index (χ4n) is 1.85. The van der Waals surface area contributed by atoms with Crippen molar-refractivity contribution in [3.05, 3.63) is 58.1 Å². The maximum Gasteiger partial charge on any atom is 0.102 e. The summed E-state index contributed by atoms with van der Waals surface area (Å²) in [7, 11) is 0. The van der Waals surface area contributed by atoms with E-state index < -0.39 is 0 Å². The molecule has 0 aromatic heterocycles. The summed E-state index contributed by atoms with van der Waals surface area (Å²) in [5, 5.41) is 9.23. The normalized spacial score (nSPS) is 11.2. The van der Waals surface area contributed by atoms with Crippen LogP contribution < -0.4 is 0 Å². The molecule has 0 aliphatic carbocycles.